The average Bonchev–Trinajstić information content (AvgIpc) is 2.68. The van der Waals surface area contributed by atoms with Gasteiger partial charge in [0, 0.05) is 31.9 Å². The molecular weight excluding hydrogens is 314 g/mol. The van der Waals surface area contributed by atoms with Crippen LogP contribution in [0.4, 0.5) is 16.2 Å². The molecule has 2 aromatic carbocycles. The Morgan fingerprint density at radius 1 is 0.880 bits per heavy atom. The fourth-order valence-electron chi connectivity index (χ4n) is 2.92. The molecule has 0 spiro atoms. The third-order valence-corrected chi connectivity index (χ3v) is 4.19. The highest BCUT2D eigenvalue weighted by atomic mass is 16.2. The molecule has 0 radical (unpaired) electrons. The monoisotopic (exact) mass is 331 g/mol. The van der Waals surface area contributed by atoms with E-state index in [1.165, 1.54) is 0 Å². The largest absolute Gasteiger partial charge is 0.366 e. The van der Waals surface area contributed by atoms with Gasteiger partial charge in [-0.3, -0.25) is 0 Å². The predicted molar refractivity (Wildman–Crippen MR) is 95.1 cm³/mol. The number of piperazine rings is 1. The second-order valence-corrected chi connectivity index (χ2v) is 5.70. The topological polar surface area (TPSA) is 83.2 Å². The summed E-state index contributed by atoms with van der Waals surface area (Å²) < 4.78 is 0. The highest BCUT2D eigenvalue weighted by Gasteiger charge is 2.24. The van der Waals surface area contributed by atoms with Gasteiger partial charge in [0.25, 0.3) is 0 Å². The molecule has 0 aliphatic carbocycles. The summed E-state index contributed by atoms with van der Waals surface area (Å²) in [7, 11) is 0. The lowest BCUT2D eigenvalue weighted by Crippen LogP contribution is -2.50. The van der Waals surface area contributed by atoms with Gasteiger partial charge in [0.15, 0.2) is 0 Å². The maximum atomic E-state index is 12.3. The zero-order chi connectivity index (χ0) is 17.6. The first-order valence-electron chi connectivity index (χ1n) is 8.02. The number of anilines is 2. The second kappa shape index (κ2) is 7.37. The zero-order valence-electron chi connectivity index (χ0n) is 13.6. The highest BCUT2D eigenvalue weighted by Crippen LogP contribution is 2.26. The van der Waals surface area contributed by atoms with Crippen molar-refractivity contribution in [1.82, 2.24) is 4.90 Å². The van der Waals surface area contributed by atoms with Crippen LogP contribution in [-0.4, -0.2) is 37.1 Å². The predicted octanol–water partition coefficient (Wildman–Crippen LogP) is 2.78. The minimum Gasteiger partial charge on any atom is -0.366 e. The lowest BCUT2D eigenvalue weighted by molar-refractivity contribution is 0.208. The molecule has 0 bridgehead atoms. The van der Waals surface area contributed by atoms with Crippen LogP contribution in [0.1, 0.15) is 11.1 Å². The van der Waals surface area contributed by atoms with Gasteiger partial charge in [-0.05, 0) is 24.3 Å². The molecule has 3 rings (SSSR count). The van der Waals surface area contributed by atoms with Crippen molar-refractivity contribution in [3.05, 3.63) is 59.7 Å². The van der Waals surface area contributed by atoms with Gasteiger partial charge in [0.05, 0.1) is 16.8 Å². The normalized spacial score (nSPS) is 13.7. The molecule has 0 atom stereocenters. The second-order valence-electron chi connectivity index (χ2n) is 5.70. The molecular formula is C19H17N5O. The van der Waals surface area contributed by atoms with Crippen LogP contribution in [0.25, 0.3) is 0 Å². The summed E-state index contributed by atoms with van der Waals surface area (Å²) in [5, 5.41) is 21.5. The first-order valence-corrected chi connectivity index (χ1v) is 8.02. The number of rotatable bonds is 2. The fraction of sp³-hybridized carbons (Fsp3) is 0.211. The standard InChI is InChI=1S/C19H17N5O/c20-13-15-5-4-6-16(14-21)18(15)23-9-11-24(12-10-23)19(25)22-17-7-2-1-3-8-17/h1-8H,9-12H2,(H,22,25). The molecule has 1 aliphatic heterocycles. The van der Waals surface area contributed by atoms with E-state index in [2.05, 4.69) is 17.5 Å². The van der Waals surface area contributed by atoms with Crippen LogP contribution in [-0.2, 0) is 0 Å². The van der Waals surface area contributed by atoms with E-state index in [1.807, 2.05) is 35.2 Å². The van der Waals surface area contributed by atoms with Crippen LogP contribution in [0, 0.1) is 22.7 Å². The first-order chi connectivity index (χ1) is 12.2. The summed E-state index contributed by atoms with van der Waals surface area (Å²) in [4.78, 5) is 16.1. The van der Waals surface area contributed by atoms with Crippen LogP contribution in [0.2, 0.25) is 0 Å². The molecule has 0 saturated carbocycles. The number of benzene rings is 2. The summed E-state index contributed by atoms with van der Waals surface area (Å²) in [6.07, 6.45) is 0. The first kappa shape index (κ1) is 16.4. The molecule has 25 heavy (non-hydrogen) atoms. The SMILES string of the molecule is N#Cc1cccc(C#N)c1N1CCN(C(=O)Nc2ccccc2)CC1. The molecule has 1 heterocycles. The van der Waals surface area contributed by atoms with E-state index in [9.17, 15) is 15.3 Å². The van der Waals surface area contributed by atoms with E-state index < -0.39 is 0 Å². The maximum absolute atomic E-state index is 12.3. The minimum absolute atomic E-state index is 0.139. The minimum atomic E-state index is -0.139. The lowest BCUT2D eigenvalue weighted by atomic mass is 10.1. The molecule has 1 N–H and O–H groups in total. The number of nitriles is 2. The van der Waals surface area contributed by atoms with E-state index in [1.54, 1.807) is 23.1 Å². The van der Waals surface area contributed by atoms with Crippen LogP contribution in [0.15, 0.2) is 48.5 Å². The number of hydrogen-bond donors (Lipinski definition) is 1. The third-order valence-electron chi connectivity index (χ3n) is 4.19. The van der Waals surface area contributed by atoms with Crippen LogP contribution in [0.5, 0.6) is 0 Å². The Balaban J connectivity index is 1.68. The van der Waals surface area contributed by atoms with Gasteiger partial charge in [-0.2, -0.15) is 10.5 Å². The number of carbonyl (C=O) groups excluding carboxylic acids is 1. The van der Waals surface area contributed by atoms with Crippen LogP contribution < -0.4 is 10.2 Å². The maximum Gasteiger partial charge on any atom is 0.321 e. The Kier molecular flexibility index (Phi) is 4.82. The number of urea groups is 1. The molecule has 124 valence electrons. The van der Waals surface area contributed by atoms with E-state index in [0.717, 1.165) is 5.69 Å². The Morgan fingerprint density at radius 3 is 2.04 bits per heavy atom. The van der Waals surface area contributed by atoms with Crippen molar-refractivity contribution in [1.29, 1.82) is 10.5 Å². The summed E-state index contributed by atoms with van der Waals surface area (Å²) in [6, 6.07) is 18.6. The van der Waals surface area contributed by atoms with E-state index >= 15 is 0 Å². The zero-order valence-corrected chi connectivity index (χ0v) is 13.6. The number of para-hydroxylation sites is 2. The van der Waals surface area contributed by atoms with Crippen LogP contribution >= 0.6 is 0 Å². The summed E-state index contributed by atoms with van der Waals surface area (Å²) in [5.41, 5.74) is 2.40. The number of hydrogen-bond acceptors (Lipinski definition) is 4. The van der Waals surface area contributed by atoms with Crippen molar-refractivity contribution in [2.45, 2.75) is 0 Å². The van der Waals surface area contributed by atoms with Gasteiger partial charge in [-0.1, -0.05) is 24.3 Å². The molecule has 1 aliphatic rings. The van der Waals surface area contributed by atoms with Gasteiger partial charge in [-0.25, -0.2) is 4.79 Å². The smallest absolute Gasteiger partial charge is 0.321 e. The van der Waals surface area contributed by atoms with Gasteiger partial charge in [0.1, 0.15) is 12.1 Å². The van der Waals surface area contributed by atoms with Crippen molar-refractivity contribution in [2.75, 3.05) is 36.4 Å². The Hall–Kier alpha value is -3.51. The Bertz CT molecular complexity index is 810. The van der Waals surface area contributed by atoms with Crippen molar-refractivity contribution in [3.63, 3.8) is 0 Å². The van der Waals surface area contributed by atoms with Crippen LogP contribution in [0.3, 0.4) is 0 Å². The molecule has 0 unspecified atom stereocenters. The van der Waals surface area contributed by atoms with Crippen molar-refractivity contribution in [2.24, 2.45) is 0 Å². The molecule has 1 fully saturated rings. The van der Waals surface area contributed by atoms with Crippen molar-refractivity contribution >= 4 is 17.4 Å². The van der Waals surface area contributed by atoms with Gasteiger partial charge in [-0.15, -0.1) is 0 Å². The summed E-state index contributed by atoms with van der Waals surface area (Å²) in [6.45, 7) is 2.22. The lowest BCUT2D eigenvalue weighted by Gasteiger charge is -2.36. The molecule has 1 saturated heterocycles. The number of carbonyl (C=O) groups is 1. The van der Waals surface area contributed by atoms with Gasteiger partial charge >= 0.3 is 6.03 Å². The molecule has 0 aromatic heterocycles. The van der Waals surface area contributed by atoms with Crippen molar-refractivity contribution in [3.8, 4) is 12.1 Å². The molecule has 6 nitrogen and oxygen atoms in total. The molecule has 2 aromatic rings. The summed E-state index contributed by atoms with van der Waals surface area (Å²) >= 11 is 0. The van der Waals surface area contributed by atoms with E-state index in [4.69, 9.17) is 0 Å². The number of nitrogens with one attached hydrogen (secondary N) is 1. The quantitative estimate of drug-likeness (QED) is 0.917. The van der Waals surface area contributed by atoms with Gasteiger partial charge < -0.3 is 15.1 Å². The Labute approximate surface area is 146 Å². The van der Waals surface area contributed by atoms with E-state index in [-0.39, 0.29) is 6.03 Å². The summed E-state index contributed by atoms with van der Waals surface area (Å²) in [5.74, 6) is 0. The van der Waals surface area contributed by atoms with Crippen molar-refractivity contribution < 1.29 is 4.79 Å². The average molecular weight is 331 g/mol. The van der Waals surface area contributed by atoms with Gasteiger partial charge in [0.2, 0.25) is 0 Å². The Morgan fingerprint density at radius 2 is 1.48 bits per heavy atom. The molecule has 2 amide bonds. The number of amides is 2. The fourth-order valence-corrected chi connectivity index (χ4v) is 2.92. The van der Waals surface area contributed by atoms with E-state index in [0.29, 0.717) is 43.0 Å². The highest BCUT2D eigenvalue weighted by molar-refractivity contribution is 5.89. The third kappa shape index (κ3) is 3.54. The number of nitrogens with zero attached hydrogens (tertiary/aromatic N) is 4. The molecule has 6 heteroatoms.